The number of hydrogen-bond donors (Lipinski definition) is 2. The zero-order valence-corrected chi connectivity index (χ0v) is 12.2. The molecule has 2 amide bonds. The summed E-state index contributed by atoms with van der Waals surface area (Å²) in [6.45, 7) is 3.07. The lowest BCUT2D eigenvalue weighted by Gasteiger charge is -2.28. The Morgan fingerprint density at radius 2 is 1.85 bits per heavy atom. The van der Waals surface area contributed by atoms with E-state index in [2.05, 4.69) is 22.6 Å². The summed E-state index contributed by atoms with van der Waals surface area (Å²) in [5, 5.41) is 5.64. The highest BCUT2D eigenvalue weighted by Crippen LogP contribution is 2.15. The predicted octanol–water partition coefficient (Wildman–Crippen LogP) is -0.0702. The number of carbonyl (C=O) groups is 3. The third kappa shape index (κ3) is 6.65. The number of nitrogens with one attached hydrogen (secondary N) is 2. The number of likely N-dealkylation sites (tertiary alicyclic amines) is 1. The van der Waals surface area contributed by atoms with Gasteiger partial charge >= 0.3 is 0 Å². The molecule has 1 saturated heterocycles. The standard InChI is InChI=1S/C14H25N3O3/c1-17-9-5-12(6-10-17)14(20)16-8-3-7-15-13(19)4-2-11-18/h11-12H,2-10H2,1H3,(H,15,19)(H,16,20). The van der Waals surface area contributed by atoms with E-state index < -0.39 is 0 Å². The predicted molar refractivity (Wildman–Crippen MR) is 76.2 cm³/mol. The number of piperidine rings is 1. The fourth-order valence-electron chi connectivity index (χ4n) is 2.22. The van der Waals surface area contributed by atoms with Crippen molar-refractivity contribution in [2.75, 3.05) is 33.2 Å². The van der Waals surface area contributed by atoms with Crippen LogP contribution in [0.1, 0.15) is 32.1 Å². The molecular formula is C14H25N3O3. The van der Waals surface area contributed by atoms with E-state index in [0.717, 1.165) is 32.2 Å². The molecule has 1 aliphatic rings. The van der Waals surface area contributed by atoms with Gasteiger partial charge in [-0.1, -0.05) is 0 Å². The Morgan fingerprint density at radius 1 is 1.20 bits per heavy atom. The van der Waals surface area contributed by atoms with Crippen LogP contribution in [0.3, 0.4) is 0 Å². The molecule has 1 fully saturated rings. The van der Waals surface area contributed by atoms with E-state index in [1.165, 1.54) is 0 Å². The van der Waals surface area contributed by atoms with E-state index >= 15 is 0 Å². The summed E-state index contributed by atoms with van der Waals surface area (Å²) >= 11 is 0. The Balaban J connectivity index is 2.02. The maximum atomic E-state index is 11.9. The summed E-state index contributed by atoms with van der Waals surface area (Å²) in [7, 11) is 2.07. The molecule has 0 unspecified atom stereocenters. The van der Waals surface area contributed by atoms with Crippen LogP contribution in [0.4, 0.5) is 0 Å². The Hall–Kier alpha value is -1.43. The maximum Gasteiger partial charge on any atom is 0.223 e. The molecule has 20 heavy (non-hydrogen) atoms. The molecule has 0 spiro atoms. The van der Waals surface area contributed by atoms with Crippen LogP contribution in [0, 0.1) is 5.92 Å². The van der Waals surface area contributed by atoms with Crippen molar-refractivity contribution >= 4 is 18.1 Å². The molecule has 0 aliphatic carbocycles. The highest BCUT2D eigenvalue weighted by Gasteiger charge is 2.22. The van der Waals surface area contributed by atoms with E-state index in [1.54, 1.807) is 0 Å². The smallest absolute Gasteiger partial charge is 0.223 e. The van der Waals surface area contributed by atoms with Gasteiger partial charge < -0.3 is 20.3 Å². The van der Waals surface area contributed by atoms with Crippen LogP contribution in [-0.4, -0.2) is 56.2 Å². The summed E-state index contributed by atoms with van der Waals surface area (Å²) in [6.07, 6.45) is 3.80. The molecule has 0 aromatic heterocycles. The topological polar surface area (TPSA) is 78.5 Å². The summed E-state index contributed by atoms with van der Waals surface area (Å²) < 4.78 is 0. The summed E-state index contributed by atoms with van der Waals surface area (Å²) in [5.74, 6) is 0.150. The van der Waals surface area contributed by atoms with E-state index in [1.807, 2.05) is 0 Å². The number of hydrogen-bond acceptors (Lipinski definition) is 4. The molecule has 2 N–H and O–H groups in total. The van der Waals surface area contributed by atoms with Gasteiger partial charge in [0.2, 0.25) is 11.8 Å². The van der Waals surface area contributed by atoms with Gasteiger partial charge in [0, 0.05) is 31.8 Å². The van der Waals surface area contributed by atoms with Gasteiger partial charge in [0.05, 0.1) is 0 Å². The molecule has 1 heterocycles. The van der Waals surface area contributed by atoms with Crippen molar-refractivity contribution in [1.29, 1.82) is 0 Å². The van der Waals surface area contributed by atoms with Gasteiger partial charge in [-0.05, 0) is 39.4 Å². The van der Waals surface area contributed by atoms with Gasteiger partial charge in [-0.2, -0.15) is 0 Å². The van der Waals surface area contributed by atoms with Gasteiger partial charge in [-0.15, -0.1) is 0 Å². The Morgan fingerprint density at radius 3 is 2.50 bits per heavy atom. The molecule has 1 rings (SSSR count). The number of rotatable bonds is 8. The quantitative estimate of drug-likeness (QED) is 0.483. The van der Waals surface area contributed by atoms with Gasteiger partial charge in [-0.3, -0.25) is 9.59 Å². The van der Waals surface area contributed by atoms with Crippen molar-refractivity contribution < 1.29 is 14.4 Å². The van der Waals surface area contributed by atoms with E-state index in [0.29, 0.717) is 19.5 Å². The highest BCUT2D eigenvalue weighted by molar-refractivity contribution is 5.79. The monoisotopic (exact) mass is 283 g/mol. The minimum absolute atomic E-state index is 0.112. The normalized spacial score (nSPS) is 16.6. The average Bonchev–Trinajstić information content (AvgIpc) is 2.45. The Bertz CT molecular complexity index is 326. The summed E-state index contributed by atoms with van der Waals surface area (Å²) in [6, 6.07) is 0. The zero-order valence-electron chi connectivity index (χ0n) is 12.2. The molecule has 0 atom stereocenters. The van der Waals surface area contributed by atoms with Crippen LogP contribution in [0.15, 0.2) is 0 Å². The van der Waals surface area contributed by atoms with Crippen molar-refractivity contribution in [1.82, 2.24) is 15.5 Å². The molecule has 0 aromatic carbocycles. The second kappa shape index (κ2) is 9.47. The van der Waals surface area contributed by atoms with E-state index in [-0.39, 0.29) is 30.6 Å². The van der Waals surface area contributed by atoms with Crippen LogP contribution in [0.2, 0.25) is 0 Å². The third-order valence-electron chi connectivity index (χ3n) is 3.55. The largest absolute Gasteiger partial charge is 0.356 e. The van der Waals surface area contributed by atoms with Crippen LogP contribution < -0.4 is 10.6 Å². The maximum absolute atomic E-state index is 11.9. The average molecular weight is 283 g/mol. The molecule has 6 nitrogen and oxygen atoms in total. The molecule has 0 aromatic rings. The van der Waals surface area contributed by atoms with Crippen LogP contribution >= 0.6 is 0 Å². The number of aldehydes is 1. The Kier molecular flexibility index (Phi) is 7.87. The fourth-order valence-corrected chi connectivity index (χ4v) is 2.22. The lowest BCUT2D eigenvalue weighted by Crippen LogP contribution is -2.39. The molecule has 6 heteroatoms. The van der Waals surface area contributed by atoms with Crippen LogP contribution in [0.25, 0.3) is 0 Å². The van der Waals surface area contributed by atoms with Crippen LogP contribution in [-0.2, 0) is 14.4 Å². The first-order valence-electron chi connectivity index (χ1n) is 7.30. The van der Waals surface area contributed by atoms with Crippen molar-refractivity contribution in [3.63, 3.8) is 0 Å². The second-order valence-corrected chi connectivity index (χ2v) is 5.28. The van der Waals surface area contributed by atoms with Gasteiger partial charge in [0.25, 0.3) is 0 Å². The lowest BCUT2D eigenvalue weighted by molar-refractivity contribution is -0.126. The first-order valence-corrected chi connectivity index (χ1v) is 7.30. The van der Waals surface area contributed by atoms with Crippen molar-refractivity contribution in [2.45, 2.75) is 32.1 Å². The second-order valence-electron chi connectivity index (χ2n) is 5.28. The lowest BCUT2D eigenvalue weighted by atomic mass is 9.96. The van der Waals surface area contributed by atoms with Gasteiger partial charge in [0.1, 0.15) is 6.29 Å². The third-order valence-corrected chi connectivity index (χ3v) is 3.55. The number of carbonyl (C=O) groups excluding carboxylic acids is 3. The molecule has 0 bridgehead atoms. The van der Waals surface area contributed by atoms with E-state index in [4.69, 9.17) is 0 Å². The van der Waals surface area contributed by atoms with Crippen molar-refractivity contribution in [2.24, 2.45) is 5.92 Å². The minimum atomic E-state index is -0.112. The van der Waals surface area contributed by atoms with Crippen molar-refractivity contribution in [3.8, 4) is 0 Å². The van der Waals surface area contributed by atoms with E-state index in [9.17, 15) is 14.4 Å². The Labute approximate surface area is 120 Å². The minimum Gasteiger partial charge on any atom is -0.356 e. The fraction of sp³-hybridized carbons (Fsp3) is 0.786. The number of amides is 2. The molecule has 0 radical (unpaired) electrons. The highest BCUT2D eigenvalue weighted by atomic mass is 16.2. The van der Waals surface area contributed by atoms with Gasteiger partial charge in [0.15, 0.2) is 0 Å². The molecule has 114 valence electrons. The van der Waals surface area contributed by atoms with Gasteiger partial charge in [-0.25, -0.2) is 0 Å². The molecule has 0 saturated carbocycles. The zero-order chi connectivity index (χ0) is 14.8. The first kappa shape index (κ1) is 16.6. The molecule has 1 aliphatic heterocycles. The van der Waals surface area contributed by atoms with Crippen molar-refractivity contribution in [3.05, 3.63) is 0 Å². The summed E-state index contributed by atoms with van der Waals surface area (Å²) in [5.41, 5.74) is 0. The molecular weight excluding hydrogens is 258 g/mol. The SMILES string of the molecule is CN1CCC(C(=O)NCCCNC(=O)CCC=O)CC1. The summed E-state index contributed by atoms with van der Waals surface area (Å²) in [4.78, 5) is 35.4. The van der Waals surface area contributed by atoms with Crippen LogP contribution in [0.5, 0.6) is 0 Å². The number of nitrogens with zero attached hydrogens (tertiary/aromatic N) is 1. The first-order chi connectivity index (χ1) is 9.63.